The second-order valence-corrected chi connectivity index (χ2v) is 16.9. The number of ether oxygens (including phenoxy) is 1. The van der Waals surface area contributed by atoms with E-state index in [4.69, 9.17) is 21.3 Å². The van der Waals surface area contributed by atoms with Crippen molar-refractivity contribution in [1.82, 2.24) is 29.9 Å². The predicted octanol–water partition coefficient (Wildman–Crippen LogP) is 6.68. The van der Waals surface area contributed by atoms with Gasteiger partial charge in [0.2, 0.25) is 15.9 Å². The zero-order chi connectivity index (χ0) is 42.9. The van der Waals surface area contributed by atoms with Crippen molar-refractivity contribution >= 4 is 44.3 Å². The molecule has 59 heavy (non-hydrogen) atoms. The van der Waals surface area contributed by atoms with Gasteiger partial charge >= 0.3 is 0 Å². The van der Waals surface area contributed by atoms with Gasteiger partial charge in [0.25, 0.3) is 12.3 Å². The average molecular weight is 862 g/mol. The van der Waals surface area contributed by atoms with Crippen LogP contribution in [-0.2, 0) is 40.8 Å². The molecule has 0 fully saturated rings. The number of nitrogens with zero attached hydrogens (tertiary/aromatic N) is 5. The number of hydrogen-bond donors (Lipinski definition) is 3. The molecule has 20 heteroatoms. The minimum atomic E-state index is -3.86. The van der Waals surface area contributed by atoms with Crippen molar-refractivity contribution in [2.45, 2.75) is 56.7 Å². The van der Waals surface area contributed by atoms with Gasteiger partial charge in [0, 0.05) is 35.7 Å². The second kappa shape index (κ2) is 14.9. The van der Waals surface area contributed by atoms with Crippen molar-refractivity contribution in [2.75, 3.05) is 18.1 Å². The fourth-order valence-electron chi connectivity index (χ4n) is 7.41. The van der Waals surface area contributed by atoms with E-state index in [1.54, 1.807) is 6.07 Å². The molecular formula is C39H34ClF6N7O5S. The Morgan fingerprint density at radius 2 is 1.78 bits per heavy atom. The number of allylic oxidation sites excluding steroid dienone is 2. The summed E-state index contributed by atoms with van der Waals surface area (Å²) in [5.74, 6) is -3.64. The summed E-state index contributed by atoms with van der Waals surface area (Å²) in [7, 11) is -1.05. The standard InChI is InChI=1S/C39H34ClF6N7O5S/c1-38(2,55)11-10-26-28(58-4)16-23(21-7-9-25(40)31-34(21)52(3)50-37(31)51-59(5,56)57)32(48-26)27(14-18-12-19(41)15-20(42)13-18)47-29(54)17-53-35-30(33(49-53)36(43)44)22-6-8-24(22)39(35,45)46/h6-9,12-13,15-16,22,24,27,36,55H,14,17H2,1-5H3,(H,47,54)(H,50,51)/t22-,24+,27-/m0/s1. The minimum absolute atomic E-state index is 0.0102. The topological polar surface area (TPSA) is 153 Å². The summed E-state index contributed by atoms with van der Waals surface area (Å²) in [5.41, 5.74) is -2.98. The maximum absolute atomic E-state index is 15.6. The molecule has 3 atom stereocenters. The smallest absolute Gasteiger partial charge is 0.296 e. The molecule has 5 aromatic rings. The number of sulfonamides is 1. The Morgan fingerprint density at radius 1 is 1.08 bits per heavy atom. The van der Waals surface area contributed by atoms with E-state index in [9.17, 15) is 35.9 Å². The third-order valence-electron chi connectivity index (χ3n) is 9.76. The van der Waals surface area contributed by atoms with Gasteiger partial charge in [0.15, 0.2) is 17.3 Å². The number of alkyl halides is 4. The number of hydrogen-bond acceptors (Lipinski definition) is 8. The van der Waals surface area contributed by atoms with E-state index in [-0.39, 0.29) is 61.1 Å². The number of methoxy groups -OCH3 is 1. The van der Waals surface area contributed by atoms with E-state index >= 15 is 8.78 Å². The van der Waals surface area contributed by atoms with Crippen LogP contribution in [0.25, 0.3) is 22.0 Å². The molecule has 0 saturated heterocycles. The molecule has 0 radical (unpaired) electrons. The maximum Gasteiger partial charge on any atom is 0.296 e. The summed E-state index contributed by atoms with van der Waals surface area (Å²) < 4.78 is 123. The van der Waals surface area contributed by atoms with Crippen LogP contribution in [0.1, 0.15) is 66.1 Å². The first-order chi connectivity index (χ1) is 27.6. The molecule has 2 aliphatic carbocycles. The molecule has 2 aromatic carbocycles. The van der Waals surface area contributed by atoms with Gasteiger partial charge in [-0.1, -0.05) is 35.7 Å². The number of amides is 1. The first-order valence-corrected chi connectivity index (χ1v) is 20.0. The molecule has 0 unspecified atom stereocenters. The van der Waals surface area contributed by atoms with Crippen molar-refractivity contribution in [2.24, 2.45) is 13.0 Å². The lowest BCUT2D eigenvalue weighted by molar-refractivity contribution is -0.123. The zero-order valence-corrected chi connectivity index (χ0v) is 33.3. The second-order valence-electron chi connectivity index (χ2n) is 14.7. The van der Waals surface area contributed by atoms with Crippen LogP contribution in [-0.4, -0.2) is 62.9 Å². The third kappa shape index (κ3) is 7.96. The summed E-state index contributed by atoms with van der Waals surface area (Å²) in [6, 6.07) is 5.71. The van der Waals surface area contributed by atoms with Crippen LogP contribution in [0.2, 0.25) is 5.02 Å². The van der Waals surface area contributed by atoms with E-state index in [1.807, 2.05) is 0 Å². The molecular weight excluding hydrogens is 828 g/mol. The van der Waals surface area contributed by atoms with Crippen molar-refractivity contribution in [3.63, 3.8) is 0 Å². The SMILES string of the molecule is COc1cc(-c2ccc(Cl)c3c(NS(C)(=O)=O)nn(C)c23)c([C@H](Cc2cc(F)cc(F)c2)NC(=O)Cn2nc(C(F)F)c3c2C(F)(F)[C@@H]2C=C[C@H]32)nc1C#CC(C)(C)O. The number of carbonyl (C=O) groups excluding carboxylic acids is 1. The lowest BCUT2D eigenvalue weighted by Gasteiger charge is -2.27. The Labute approximate surface area is 338 Å². The molecule has 0 aliphatic heterocycles. The van der Waals surface area contributed by atoms with Crippen molar-refractivity contribution in [1.29, 1.82) is 0 Å². The van der Waals surface area contributed by atoms with Gasteiger partial charge in [-0.25, -0.2) is 31.0 Å². The fourth-order valence-corrected chi connectivity index (χ4v) is 8.15. The fraction of sp³-hybridized carbons (Fsp3) is 0.333. The monoisotopic (exact) mass is 861 g/mol. The average Bonchev–Trinajstić information content (AvgIpc) is 3.67. The van der Waals surface area contributed by atoms with Crippen LogP contribution in [0, 0.1) is 29.4 Å². The van der Waals surface area contributed by atoms with Crippen LogP contribution in [0.4, 0.5) is 32.2 Å². The van der Waals surface area contributed by atoms with Crippen LogP contribution < -0.4 is 14.8 Å². The van der Waals surface area contributed by atoms with E-state index in [2.05, 4.69) is 32.1 Å². The number of pyridine rings is 1. The third-order valence-corrected chi connectivity index (χ3v) is 10.6. The Hall–Kier alpha value is -5.58. The Morgan fingerprint density at radius 3 is 2.37 bits per heavy atom. The highest BCUT2D eigenvalue weighted by Crippen LogP contribution is 2.60. The first kappa shape index (κ1) is 41.6. The molecule has 1 amide bonds. The quantitative estimate of drug-likeness (QED) is 0.0756. The van der Waals surface area contributed by atoms with Crippen LogP contribution in [0.15, 0.2) is 48.6 Å². The van der Waals surface area contributed by atoms with Crippen LogP contribution >= 0.6 is 11.6 Å². The number of fused-ring (bicyclic) bond motifs is 4. The molecule has 0 spiro atoms. The van der Waals surface area contributed by atoms with Crippen molar-refractivity contribution in [3.8, 4) is 28.7 Å². The highest BCUT2D eigenvalue weighted by Gasteiger charge is 2.60. The molecule has 3 heterocycles. The summed E-state index contributed by atoms with van der Waals surface area (Å²) in [5, 5.41) is 21.5. The molecule has 12 nitrogen and oxygen atoms in total. The summed E-state index contributed by atoms with van der Waals surface area (Å²) in [6.07, 6.45) is -0.107. The normalized spacial score (nSPS) is 17.3. The lowest BCUT2D eigenvalue weighted by Crippen LogP contribution is -2.36. The van der Waals surface area contributed by atoms with E-state index in [1.165, 1.54) is 57.0 Å². The maximum atomic E-state index is 15.6. The molecule has 0 saturated carbocycles. The predicted molar refractivity (Wildman–Crippen MR) is 205 cm³/mol. The number of aryl methyl sites for hydroxylation is 1. The van der Waals surface area contributed by atoms with Crippen molar-refractivity contribution < 1.29 is 49.4 Å². The molecule has 0 bridgehead atoms. The summed E-state index contributed by atoms with van der Waals surface area (Å²) in [4.78, 5) is 18.8. The van der Waals surface area contributed by atoms with Gasteiger partial charge in [-0.15, -0.1) is 0 Å². The Balaban J connectivity index is 1.43. The zero-order valence-electron chi connectivity index (χ0n) is 31.7. The number of aliphatic hydroxyl groups is 1. The van der Waals surface area contributed by atoms with E-state index in [0.29, 0.717) is 10.7 Å². The first-order valence-electron chi connectivity index (χ1n) is 17.7. The minimum Gasteiger partial charge on any atom is -0.494 e. The Kier molecular flexibility index (Phi) is 10.5. The number of halogens is 7. The van der Waals surface area contributed by atoms with Crippen LogP contribution in [0.5, 0.6) is 5.75 Å². The number of benzene rings is 2. The number of aromatic nitrogens is 5. The largest absolute Gasteiger partial charge is 0.494 e. The van der Waals surface area contributed by atoms with Gasteiger partial charge < -0.3 is 15.2 Å². The molecule has 3 N–H and O–H groups in total. The highest BCUT2D eigenvalue weighted by molar-refractivity contribution is 7.92. The van der Waals surface area contributed by atoms with E-state index in [0.717, 1.165) is 18.4 Å². The number of nitrogens with one attached hydrogen (secondary N) is 2. The summed E-state index contributed by atoms with van der Waals surface area (Å²) >= 11 is 6.61. The van der Waals surface area contributed by atoms with Gasteiger partial charge in [-0.3, -0.25) is 18.9 Å². The Bertz CT molecular complexity index is 2730. The molecule has 7 rings (SSSR count). The van der Waals surface area contributed by atoms with E-state index < -0.39 is 87.7 Å². The van der Waals surface area contributed by atoms with Gasteiger partial charge in [-0.2, -0.15) is 19.0 Å². The molecule has 3 aromatic heterocycles. The lowest BCUT2D eigenvalue weighted by atomic mass is 9.81. The van der Waals surface area contributed by atoms with Crippen LogP contribution in [0.3, 0.4) is 0 Å². The molecule has 2 aliphatic rings. The van der Waals surface area contributed by atoms with Crippen molar-refractivity contribution in [3.05, 3.63) is 99.1 Å². The van der Waals surface area contributed by atoms with Gasteiger partial charge in [0.05, 0.1) is 46.9 Å². The number of anilines is 1. The highest BCUT2D eigenvalue weighted by atomic mass is 35.5. The number of rotatable bonds is 11. The summed E-state index contributed by atoms with van der Waals surface area (Å²) in [6.45, 7) is 1.85. The van der Waals surface area contributed by atoms with Gasteiger partial charge in [-0.05, 0) is 56.0 Å². The van der Waals surface area contributed by atoms with Gasteiger partial charge in [0.1, 0.15) is 35.2 Å². The molecule has 310 valence electrons. The number of carbonyl (C=O) groups is 1.